The average molecular weight is 168 g/mol. The Morgan fingerprint density at radius 3 is 2.00 bits per heavy atom. The molecule has 0 aromatic rings. The lowest BCUT2D eigenvalue weighted by Crippen LogP contribution is -2.50. The zero-order valence-electron chi connectivity index (χ0n) is 8.39. The van der Waals surface area contributed by atoms with Crippen LogP contribution in [0.25, 0.3) is 0 Å². The molecule has 1 heterocycles. The van der Waals surface area contributed by atoms with Gasteiger partial charge in [-0.1, -0.05) is 6.42 Å². The van der Waals surface area contributed by atoms with Crippen LogP contribution in [0.1, 0.15) is 44.9 Å². The highest BCUT2D eigenvalue weighted by molar-refractivity contribution is 4.68. The Morgan fingerprint density at radius 1 is 0.833 bits per heavy atom. The topological polar surface area (TPSA) is 0 Å². The van der Waals surface area contributed by atoms with Crippen LogP contribution in [0.3, 0.4) is 0 Å². The van der Waals surface area contributed by atoms with Crippen molar-refractivity contribution in [3.8, 4) is 0 Å². The van der Waals surface area contributed by atoms with Gasteiger partial charge in [0.15, 0.2) is 0 Å². The Morgan fingerprint density at radius 2 is 1.42 bits per heavy atom. The SMILES string of the molecule is C[N+]1(C2CCCCC2)CCCC1. The van der Waals surface area contributed by atoms with Crippen molar-refractivity contribution >= 4 is 0 Å². The standard InChI is InChI=1S/C11H22N/c1-12(9-5-6-10-12)11-7-3-2-4-8-11/h11H,2-10H2,1H3/q+1. The normalized spacial score (nSPS) is 30.8. The molecule has 0 atom stereocenters. The van der Waals surface area contributed by atoms with Crippen molar-refractivity contribution in [3.63, 3.8) is 0 Å². The van der Waals surface area contributed by atoms with Crippen molar-refractivity contribution < 1.29 is 4.48 Å². The Kier molecular flexibility index (Phi) is 2.40. The summed E-state index contributed by atoms with van der Waals surface area (Å²) in [4.78, 5) is 0. The first-order valence-corrected chi connectivity index (χ1v) is 5.65. The Balaban J connectivity index is 1.96. The molecule has 0 amide bonds. The quantitative estimate of drug-likeness (QED) is 0.528. The number of likely N-dealkylation sites (tertiary alicyclic amines) is 1. The first kappa shape index (κ1) is 8.55. The van der Waals surface area contributed by atoms with Crippen LogP contribution in [0.2, 0.25) is 0 Å². The summed E-state index contributed by atoms with van der Waals surface area (Å²) in [6.45, 7) is 2.93. The molecule has 0 unspecified atom stereocenters. The second-order valence-corrected chi connectivity index (χ2v) is 4.93. The maximum atomic E-state index is 2.49. The molecule has 1 nitrogen and oxygen atoms in total. The third-order valence-electron chi connectivity index (χ3n) is 4.04. The summed E-state index contributed by atoms with van der Waals surface area (Å²) in [7, 11) is 2.49. The van der Waals surface area contributed by atoms with Crippen molar-refractivity contribution in [2.24, 2.45) is 0 Å². The predicted octanol–water partition coefficient (Wildman–Crippen LogP) is 2.56. The lowest BCUT2D eigenvalue weighted by Gasteiger charge is -2.40. The Hall–Kier alpha value is -0.0400. The number of hydrogen-bond acceptors (Lipinski definition) is 0. The van der Waals surface area contributed by atoms with E-state index in [-0.39, 0.29) is 0 Å². The van der Waals surface area contributed by atoms with Crippen LogP contribution in [-0.2, 0) is 0 Å². The van der Waals surface area contributed by atoms with Crippen LogP contribution in [-0.4, -0.2) is 30.7 Å². The average Bonchev–Trinajstić information content (AvgIpc) is 2.55. The second kappa shape index (κ2) is 3.37. The summed E-state index contributed by atoms with van der Waals surface area (Å²) >= 11 is 0. The van der Waals surface area contributed by atoms with Gasteiger partial charge >= 0.3 is 0 Å². The van der Waals surface area contributed by atoms with Gasteiger partial charge in [-0.15, -0.1) is 0 Å². The number of quaternary nitrogens is 1. The molecule has 0 spiro atoms. The molecule has 2 fully saturated rings. The van der Waals surface area contributed by atoms with E-state index in [4.69, 9.17) is 0 Å². The molecule has 2 aliphatic rings. The lowest BCUT2D eigenvalue weighted by molar-refractivity contribution is -0.923. The van der Waals surface area contributed by atoms with Crippen LogP contribution in [0.15, 0.2) is 0 Å². The maximum absolute atomic E-state index is 2.49. The molecule has 0 N–H and O–H groups in total. The van der Waals surface area contributed by atoms with Gasteiger partial charge in [-0.25, -0.2) is 0 Å². The minimum absolute atomic E-state index is 1.03. The fraction of sp³-hybridized carbons (Fsp3) is 1.00. The fourth-order valence-corrected chi connectivity index (χ4v) is 3.13. The lowest BCUT2D eigenvalue weighted by atomic mass is 9.93. The smallest absolute Gasteiger partial charge is 0.0888 e. The van der Waals surface area contributed by atoms with Gasteiger partial charge in [0.1, 0.15) is 0 Å². The van der Waals surface area contributed by atoms with Gasteiger partial charge in [-0.2, -0.15) is 0 Å². The highest BCUT2D eigenvalue weighted by Gasteiger charge is 2.35. The van der Waals surface area contributed by atoms with Crippen molar-refractivity contribution in [2.75, 3.05) is 20.1 Å². The van der Waals surface area contributed by atoms with Gasteiger partial charge in [0.2, 0.25) is 0 Å². The molecule has 1 aliphatic heterocycles. The molecule has 2 rings (SSSR count). The van der Waals surface area contributed by atoms with Crippen LogP contribution < -0.4 is 0 Å². The summed E-state index contributed by atoms with van der Waals surface area (Å²) in [5.41, 5.74) is 0. The minimum Gasteiger partial charge on any atom is -0.324 e. The zero-order chi connectivity index (χ0) is 8.44. The Labute approximate surface area is 76.3 Å². The van der Waals surface area contributed by atoms with Crippen LogP contribution in [0.4, 0.5) is 0 Å². The van der Waals surface area contributed by atoms with E-state index in [9.17, 15) is 0 Å². The molecule has 0 aromatic heterocycles. The predicted molar refractivity (Wildman–Crippen MR) is 52.0 cm³/mol. The third kappa shape index (κ3) is 1.52. The highest BCUT2D eigenvalue weighted by Crippen LogP contribution is 2.30. The molecular weight excluding hydrogens is 146 g/mol. The molecule has 1 saturated heterocycles. The molecule has 0 radical (unpaired) electrons. The van der Waals surface area contributed by atoms with E-state index in [1.54, 1.807) is 0 Å². The molecular formula is C11H22N+. The van der Waals surface area contributed by atoms with Crippen LogP contribution in [0.5, 0.6) is 0 Å². The monoisotopic (exact) mass is 168 g/mol. The number of hydrogen-bond donors (Lipinski definition) is 0. The van der Waals surface area contributed by atoms with E-state index < -0.39 is 0 Å². The summed E-state index contributed by atoms with van der Waals surface area (Å²) < 4.78 is 1.42. The van der Waals surface area contributed by atoms with E-state index in [0.29, 0.717) is 0 Å². The molecule has 1 heteroatoms. The highest BCUT2D eigenvalue weighted by atomic mass is 15.4. The maximum Gasteiger partial charge on any atom is 0.0888 e. The van der Waals surface area contributed by atoms with Crippen molar-refractivity contribution in [1.82, 2.24) is 0 Å². The number of rotatable bonds is 1. The van der Waals surface area contributed by atoms with Crippen molar-refractivity contribution in [2.45, 2.75) is 51.0 Å². The molecule has 1 aliphatic carbocycles. The Bertz CT molecular complexity index is 141. The number of nitrogens with zero attached hydrogens (tertiary/aromatic N) is 1. The summed E-state index contributed by atoms with van der Waals surface area (Å²) in [6, 6.07) is 1.03. The van der Waals surface area contributed by atoms with Gasteiger partial charge in [0.25, 0.3) is 0 Å². The molecule has 12 heavy (non-hydrogen) atoms. The van der Waals surface area contributed by atoms with Gasteiger partial charge in [-0.05, 0) is 25.7 Å². The third-order valence-corrected chi connectivity index (χ3v) is 4.04. The minimum atomic E-state index is 1.03. The molecule has 0 aromatic carbocycles. The largest absolute Gasteiger partial charge is 0.324 e. The van der Waals surface area contributed by atoms with E-state index in [1.807, 2.05) is 0 Å². The fourth-order valence-electron chi connectivity index (χ4n) is 3.13. The first-order valence-electron chi connectivity index (χ1n) is 5.65. The van der Waals surface area contributed by atoms with Gasteiger partial charge in [0, 0.05) is 12.8 Å². The van der Waals surface area contributed by atoms with Gasteiger partial charge in [-0.3, -0.25) is 0 Å². The first-order chi connectivity index (χ1) is 5.81. The zero-order valence-corrected chi connectivity index (χ0v) is 8.39. The van der Waals surface area contributed by atoms with E-state index in [2.05, 4.69) is 7.05 Å². The molecule has 1 saturated carbocycles. The molecule has 0 bridgehead atoms. The van der Waals surface area contributed by atoms with Crippen LogP contribution >= 0.6 is 0 Å². The van der Waals surface area contributed by atoms with E-state index >= 15 is 0 Å². The second-order valence-electron chi connectivity index (χ2n) is 4.93. The van der Waals surface area contributed by atoms with Gasteiger partial charge in [0.05, 0.1) is 26.2 Å². The summed E-state index contributed by atoms with van der Waals surface area (Å²) in [5, 5.41) is 0. The summed E-state index contributed by atoms with van der Waals surface area (Å²) in [5.74, 6) is 0. The molecule has 70 valence electrons. The van der Waals surface area contributed by atoms with Gasteiger partial charge < -0.3 is 4.48 Å². The van der Waals surface area contributed by atoms with Crippen LogP contribution in [0, 0.1) is 0 Å². The van der Waals surface area contributed by atoms with Crippen molar-refractivity contribution in [3.05, 3.63) is 0 Å². The van der Waals surface area contributed by atoms with E-state index in [0.717, 1.165) is 6.04 Å². The van der Waals surface area contributed by atoms with Crippen molar-refractivity contribution in [1.29, 1.82) is 0 Å². The summed E-state index contributed by atoms with van der Waals surface area (Å²) in [6.07, 6.45) is 10.5. The van der Waals surface area contributed by atoms with E-state index in [1.165, 1.54) is 62.5 Å².